The van der Waals surface area contributed by atoms with Gasteiger partial charge in [0.25, 0.3) is 0 Å². The van der Waals surface area contributed by atoms with Crippen molar-refractivity contribution < 1.29 is 21.6 Å². The predicted molar refractivity (Wildman–Crippen MR) is 109 cm³/mol. The second-order valence-corrected chi connectivity index (χ2v) is 9.37. The maximum Gasteiger partial charge on any atom is 0.416 e. The van der Waals surface area contributed by atoms with Crippen LogP contribution in [0.25, 0.3) is 11.1 Å². The predicted octanol–water partition coefficient (Wildman–Crippen LogP) is 4.43. The molecule has 0 bridgehead atoms. The fourth-order valence-electron chi connectivity index (χ4n) is 3.94. The van der Waals surface area contributed by atoms with Gasteiger partial charge in [0.15, 0.2) is 0 Å². The van der Waals surface area contributed by atoms with Crippen molar-refractivity contribution in [1.82, 2.24) is 19.5 Å². The van der Waals surface area contributed by atoms with Gasteiger partial charge in [-0.15, -0.1) is 10.2 Å². The molecule has 2 unspecified atom stereocenters. The molecule has 0 amide bonds. The number of aromatic nitrogens is 3. The van der Waals surface area contributed by atoms with E-state index in [1.165, 1.54) is 6.07 Å². The summed E-state index contributed by atoms with van der Waals surface area (Å²) >= 11 is 0. The quantitative estimate of drug-likeness (QED) is 0.624. The lowest BCUT2D eigenvalue weighted by Gasteiger charge is -2.30. The Labute approximate surface area is 178 Å². The Bertz CT molecular complexity index is 1130. The fraction of sp³-hybridized carbons (Fsp3) is 0.333. The molecule has 31 heavy (non-hydrogen) atoms. The maximum atomic E-state index is 13.5. The first kappa shape index (κ1) is 21.5. The van der Waals surface area contributed by atoms with E-state index in [0.29, 0.717) is 24.5 Å². The SMILES string of the molecule is O=S(=O)(NC1CCCC(n2cnnc2)C1)c1cc(-c2ccccc2)cc(C(F)(F)F)c1. The highest BCUT2D eigenvalue weighted by Gasteiger charge is 2.34. The number of nitrogens with zero attached hydrogens (tertiary/aromatic N) is 3. The number of sulfonamides is 1. The van der Waals surface area contributed by atoms with E-state index in [0.717, 1.165) is 18.9 Å². The first-order chi connectivity index (χ1) is 14.7. The van der Waals surface area contributed by atoms with Crippen LogP contribution in [-0.2, 0) is 16.2 Å². The molecule has 1 N–H and O–H groups in total. The topological polar surface area (TPSA) is 76.9 Å². The summed E-state index contributed by atoms with van der Waals surface area (Å²) in [7, 11) is -4.16. The van der Waals surface area contributed by atoms with E-state index in [4.69, 9.17) is 0 Å². The standard InChI is InChI=1S/C21H21F3N4O2S/c22-21(23,24)17-9-16(15-5-2-1-3-6-15)10-20(11-17)31(29,30)27-18-7-4-8-19(12-18)28-13-25-26-14-28/h1-3,5-6,9-11,13-14,18-19,27H,4,7-8,12H2. The summed E-state index contributed by atoms with van der Waals surface area (Å²) in [5.41, 5.74) is -0.294. The number of nitrogens with one attached hydrogen (secondary N) is 1. The van der Waals surface area contributed by atoms with E-state index in [1.54, 1.807) is 43.0 Å². The van der Waals surface area contributed by atoms with Gasteiger partial charge in [-0.25, -0.2) is 13.1 Å². The average Bonchev–Trinajstić information content (AvgIpc) is 3.28. The molecule has 0 saturated heterocycles. The Morgan fingerprint density at radius 1 is 0.968 bits per heavy atom. The molecular weight excluding hydrogens is 429 g/mol. The molecule has 1 aliphatic carbocycles. The van der Waals surface area contributed by atoms with Crippen LogP contribution in [0, 0.1) is 0 Å². The summed E-state index contributed by atoms with van der Waals surface area (Å²) in [6.07, 6.45) is 1.27. The average molecular weight is 450 g/mol. The van der Waals surface area contributed by atoms with Crippen molar-refractivity contribution in [3.05, 3.63) is 66.7 Å². The Hall–Kier alpha value is -2.72. The molecule has 1 heterocycles. The molecule has 4 rings (SSSR count). The second kappa shape index (κ2) is 8.43. The van der Waals surface area contributed by atoms with Crippen molar-refractivity contribution in [2.75, 3.05) is 0 Å². The van der Waals surface area contributed by atoms with Gasteiger partial charge in [0.1, 0.15) is 12.7 Å². The van der Waals surface area contributed by atoms with Crippen LogP contribution in [0.3, 0.4) is 0 Å². The van der Waals surface area contributed by atoms with Crippen molar-refractivity contribution in [3.8, 4) is 11.1 Å². The number of hydrogen-bond donors (Lipinski definition) is 1. The first-order valence-corrected chi connectivity index (χ1v) is 11.3. The third-order valence-electron chi connectivity index (χ3n) is 5.48. The highest BCUT2D eigenvalue weighted by molar-refractivity contribution is 7.89. The van der Waals surface area contributed by atoms with E-state index in [-0.39, 0.29) is 17.6 Å². The van der Waals surface area contributed by atoms with Gasteiger partial charge in [0.05, 0.1) is 10.5 Å². The summed E-state index contributed by atoms with van der Waals surface area (Å²) in [6.45, 7) is 0. The highest BCUT2D eigenvalue weighted by atomic mass is 32.2. The van der Waals surface area contributed by atoms with Crippen molar-refractivity contribution >= 4 is 10.0 Å². The van der Waals surface area contributed by atoms with Crippen LogP contribution in [0.1, 0.15) is 37.3 Å². The molecule has 0 spiro atoms. The lowest BCUT2D eigenvalue weighted by molar-refractivity contribution is -0.137. The minimum Gasteiger partial charge on any atom is -0.317 e. The first-order valence-electron chi connectivity index (χ1n) is 9.86. The lowest BCUT2D eigenvalue weighted by Crippen LogP contribution is -2.38. The van der Waals surface area contributed by atoms with Crippen LogP contribution in [-0.4, -0.2) is 29.2 Å². The molecule has 1 aliphatic rings. The van der Waals surface area contributed by atoms with Gasteiger partial charge < -0.3 is 4.57 Å². The van der Waals surface area contributed by atoms with Gasteiger partial charge in [-0.3, -0.25) is 0 Å². The zero-order chi connectivity index (χ0) is 22.1. The Morgan fingerprint density at radius 2 is 1.68 bits per heavy atom. The summed E-state index contributed by atoms with van der Waals surface area (Å²) in [6, 6.07) is 11.0. The second-order valence-electron chi connectivity index (χ2n) is 7.66. The molecule has 1 aromatic heterocycles. The van der Waals surface area contributed by atoms with Crippen LogP contribution < -0.4 is 4.72 Å². The number of hydrogen-bond acceptors (Lipinski definition) is 4. The number of alkyl halides is 3. The van der Waals surface area contributed by atoms with Gasteiger partial charge in [0.2, 0.25) is 10.0 Å². The van der Waals surface area contributed by atoms with Crippen molar-refractivity contribution in [1.29, 1.82) is 0 Å². The molecule has 164 valence electrons. The van der Waals surface area contributed by atoms with Gasteiger partial charge in [-0.1, -0.05) is 30.3 Å². The summed E-state index contributed by atoms with van der Waals surface area (Å²) < 4.78 is 71.0. The normalized spacial score (nSPS) is 20.0. The summed E-state index contributed by atoms with van der Waals surface area (Å²) in [5.74, 6) is 0. The highest BCUT2D eigenvalue weighted by Crippen LogP contribution is 2.35. The molecule has 6 nitrogen and oxygen atoms in total. The maximum absolute atomic E-state index is 13.5. The molecule has 2 atom stereocenters. The van der Waals surface area contributed by atoms with Crippen LogP contribution in [0.4, 0.5) is 13.2 Å². The monoisotopic (exact) mass is 450 g/mol. The summed E-state index contributed by atoms with van der Waals surface area (Å²) in [4.78, 5) is -0.396. The van der Waals surface area contributed by atoms with Gasteiger partial charge >= 0.3 is 6.18 Å². The van der Waals surface area contributed by atoms with E-state index < -0.39 is 26.7 Å². The molecule has 1 fully saturated rings. The Morgan fingerprint density at radius 3 is 2.35 bits per heavy atom. The van der Waals surface area contributed by atoms with E-state index in [9.17, 15) is 21.6 Å². The number of halogens is 3. The van der Waals surface area contributed by atoms with E-state index in [2.05, 4.69) is 14.9 Å². The third-order valence-corrected chi connectivity index (χ3v) is 6.98. The molecule has 1 saturated carbocycles. The minimum absolute atomic E-state index is 0.0397. The Balaban J connectivity index is 1.64. The molecule has 2 aromatic carbocycles. The van der Waals surface area contributed by atoms with Gasteiger partial charge in [-0.2, -0.15) is 13.2 Å². The number of benzene rings is 2. The van der Waals surface area contributed by atoms with E-state index in [1.807, 2.05) is 4.57 Å². The van der Waals surface area contributed by atoms with Crippen molar-refractivity contribution in [3.63, 3.8) is 0 Å². The van der Waals surface area contributed by atoms with Crippen molar-refractivity contribution in [2.45, 2.75) is 48.8 Å². The van der Waals surface area contributed by atoms with Crippen molar-refractivity contribution in [2.24, 2.45) is 0 Å². The van der Waals surface area contributed by atoms with Crippen LogP contribution in [0.5, 0.6) is 0 Å². The van der Waals surface area contributed by atoms with Gasteiger partial charge in [0, 0.05) is 12.1 Å². The van der Waals surface area contributed by atoms with Crippen LogP contribution >= 0.6 is 0 Å². The van der Waals surface area contributed by atoms with Crippen LogP contribution in [0.15, 0.2) is 66.1 Å². The molecule has 0 radical (unpaired) electrons. The fourth-order valence-corrected chi connectivity index (χ4v) is 5.29. The lowest BCUT2D eigenvalue weighted by atomic mass is 9.91. The van der Waals surface area contributed by atoms with Gasteiger partial charge in [-0.05, 0) is 55.0 Å². The molecule has 10 heteroatoms. The third kappa shape index (κ3) is 4.96. The van der Waals surface area contributed by atoms with Crippen LogP contribution in [0.2, 0.25) is 0 Å². The largest absolute Gasteiger partial charge is 0.416 e. The zero-order valence-electron chi connectivity index (χ0n) is 16.5. The van der Waals surface area contributed by atoms with E-state index >= 15 is 0 Å². The number of rotatable bonds is 5. The molecule has 3 aromatic rings. The molecule has 0 aliphatic heterocycles. The zero-order valence-corrected chi connectivity index (χ0v) is 17.3. The minimum atomic E-state index is -4.67. The Kier molecular flexibility index (Phi) is 5.85. The summed E-state index contributed by atoms with van der Waals surface area (Å²) in [5, 5.41) is 7.57. The smallest absolute Gasteiger partial charge is 0.317 e. The molecular formula is C21H21F3N4O2S.